The normalized spacial score (nSPS) is 38.7. The van der Waals surface area contributed by atoms with Gasteiger partial charge in [-0.05, 0) is 69.6 Å². The summed E-state index contributed by atoms with van der Waals surface area (Å²) < 4.78 is 34.6. The summed E-state index contributed by atoms with van der Waals surface area (Å²) in [5, 5.41) is 3.48. The number of esters is 1. The van der Waals surface area contributed by atoms with Gasteiger partial charge in [-0.2, -0.15) is 0 Å². The minimum absolute atomic E-state index is 0.142. The molecular formula is C24H43N3O5S. The molecule has 0 aromatic heterocycles. The van der Waals surface area contributed by atoms with Crippen LogP contribution in [-0.2, 0) is 24.1 Å². The van der Waals surface area contributed by atoms with E-state index in [1.807, 2.05) is 7.11 Å². The zero-order valence-corrected chi connectivity index (χ0v) is 21.4. The maximum Gasteiger partial charge on any atom is 0.323 e. The van der Waals surface area contributed by atoms with Crippen molar-refractivity contribution in [3.05, 3.63) is 0 Å². The molecule has 0 bridgehead atoms. The molecule has 8 nitrogen and oxygen atoms in total. The average Bonchev–Trinajstić information content (AvgIpc) is 3.19. The fourth-order valence-corrected chi connectivity index (χ4v) is 7.85. The molecule has 0 spiro atoms. The molecule has 9 heteroatoms. The van der Waals surface area contributed by atoms with Gasteiger partial charge in [-0.15, -0.1) is 0 Å². The molecule has 190 valence electrons. The van der Waals surface area contributed by atoms with Crippen LogP contribution in [0.4, 0.5) is 0 Å². The highest BCUT2D eigenvalue weighted by atomic mass is 32.2. The molecule has 4 fully saturated rings. The van der Waals surface area contributed by atoms with Crippen molar-refractivity contribution in [2.75, 3.05) is 46.8 Å². The third-order valence-corrected chi connectivity index (χ3v) is 10.5. The third-order valence-electron chi connectivity index (χ3n) is 8.81. The third kappa shape index (κ3) is 6.10. The Morgan fingerprint density at radius 2 is 1.55 bits per heavy atom. The van der Waals surface area contributed by atoms with Crippen LogP contribution in [0.3, 0.4) is 0 Å². The highest BCUT2D eigenvalue weighted by molar-refractivity contribution is 7.91. The molecule has 2 heterocycles. The van der Waals surface area contributed by atoms with Gasteiger partial charge in [0, 0.05) is 51.8 Å². The van der Waals surface area contributed by atoms with Gasteiger partial charge in [0.25, 0.3) is 0 Å². The molecule has 33 heavy (non-hydrogen) atoms. The van der Waals surface area contributed by atoms with Crippen molar-refractivity contribution < 1.29 is 22.7 Å². The van der Waals surface area contributed by atoms with E-state index in [0.29, 0.717) is 24.1 Å². The summed E-state index contributed by atoms with van der Waals surface area (Å²) in [5.41, 5.74) is 0. The standard InChI is InChI=1S/C24H43N3O5S/c1-31-19-8-4-17(5-9-19)14-27-16-25-21-12-22(24(28)32-2)26(15-23(21)27)13-18-6-10-20(11-7-18)33(3,29)30/h17-23,25H,4-16H2,1-3H3. The van der Waals surface area contributed by atoms with Gasteiger partial charge in [0.2, 0.25) is 0 Å². The molecule has 3 unspecified atom stereocenters. The van der Waals surface area contributed by atoms with Gasteiger partial charge in [-0.3, -0.25) is 19.9 Å². The van der Waals surface area contributed by atoms with Gasteiger partial charge in [0.15, 0.2) is 0 Å². The van der Waals surface area contributed by atoms with E-state index in [4.69, 9.17) is 9.47 Å². The molecule has 2 aliphatic heterocycles. The lowest BCUT2D eigenvalue weighted by atomic mass is 9.85. The number of likely N-dealkylation sites (tertiary alicyclic amines) is 1. The van der Waals surface area contributed by atoms with E-state index in [1.54, 1.807) is 0 Å². The van der Waals surface area contributed by atoms with Gasteiger partial charge in [-0.1, -0.05) is 0 Å². The molecule has 0 radical (unpaired) electrons. The quantitative estimate of drug-likeness (QED) is 0.545. The predicted octanol–water partition coefficient (Wildman–Crippen LogP) is 1.64. The molecule has 2 saturated carbocycles. The molecule has 1 N–H and O–H groups in total. The average molecular weight is 486 g/mol. The number of sulfone groups is 1. The van der Waals surface area contributed by atoms with E-state index in [0.717, 1.165) is 77.2 Å². The van der Waals surface area contributed by atoms with Gasteiger partial charge >= 0.3 is 5.97 Å². The highest BCUT2D eigenvalue weighted by Crippen LogP contribution is 2.34. The minimum Gasteiger partial charge on any atom is -0.468 e. The van der Waals surface area contributed by atoms with Crippen molar-refractivity contribution in [3.8, 4) is 0 Å². The Morgan fingerprint density at radius 3 is 2.12 bits per heavy atom. The SMILES string of the molecule is COC(=O)C1CC2NCN(CC3CCC(OC)CC3)C2CN1CC1CCC(S(C)(=O)=O)CC1. The van der Waals surface area contributed by atoms with E-state index in [2.05, 4.69) is 15.1 Å². The number of nitrogens with one attached hydrogen (secondary N) is 1. The lowest BCUT2D eigenvalue weighted by Gasteiger charge is -2.44. The number of piperidine rings is 1. The number of rotatable bonds is 7. The Labute approximate surface area is 199 Å². The second-order valence-corrected chi connectivity index (χ2v) is 13.2. The number of ether oxygens (including phenoxy) is 2. The number of hydrogen-bond acceptors (Lipinski definition) is 8. The highest BCUT2D eigenvalue weighted by Gasteiger charge is 2.46. The summed E-state index contributed by atoms with van der Waals surface area (Å²) in [7, 11) is 0.343. The van der Waals surface area contributed by atoms with Gasteiger partial charge < -0.3 is 9.47 Å². The zero-order chi connectivity index (χ0) is 23.6. The second-order valence-electron chi connectivity index (χ2n) is 10.9. The van der Waals surface area contributed by atoms with E-state index in [9.17, 15) is 13.2 Å². The van der Waals surface area contributed by atoms with Crippen molar-refractivity contribution in [1.82, 2.24) is 15.1 Å². The minimum atomic E-state index is -2.96. The van der Waals surface area contributed by atoms with Crippen LogP contribution in [-0.4, -0.2) is 100 Å². The molecule has 0 amide bonds. The van der Waals surface area contributed by atoms with Crippen LogP contribution in [0.2, 0.25) is 0 Å². The van der Waals surface area contributed by atoms with Crippen molar-refractivity contribution in [2.45, 2.75) is 87.3 Å². The summed E-state index contributed by atoms with van der Waals surface area (Å²) in [6.07, 6.45) is 10.6. The Morgan fingerprint density at radius 1 is 0.939 bits per heavy atom. The molecule has 4 rings (SSSR count). The molecule has 0 aromatic carbocycles. The summed E-state index contributed by atoms with van der Waals surface area (Å²) in [6.45, 7) is 3.73. The van der Waals surface area contributed by atoms with E-state index in [-0.39, 0.29) is 17.3 Å². The Bertz CT molecular complexity index is 762. The smallest absolute Gasteiger partial charge is 0.323 e. The Hall–Kier alpha value is -0.740. The topological polar surface area (TPSA) is 88.2 Å². The van der Waals surface area contributed by atoms with Crippen LogP contribution in [0, 0.1) is 11.8 Å². The lowest BCUT2D eigenvalue weighted by molar-refractivity contribution is -0.149. The summed E-state index contributed by atoms with van der Waals surface area (Å²) in [5.74, 6) is 1.02. The first-order valence-corrected chi connectivity index (χ1v) is 14.7. The number of carbonyl (C=O) groups is 1. The largest absolute Gasteiger partial charge is 0.468 e. The fourth-order valence-electron chi connectivity index (χ4n) is 6.72. The zero-order valence-electron chi connectivity index (χ0n) is 20.6. The van der Waals surface area contributed by atoms with E-state index in [1.165, 1.54) is 26.2 Å². The molecule has 3 atom stereocenters. The monoisotopic (exact) mass is 485 g/mol. The van der Waals surface area contributed by atoms with E-state index >= 15 is 0 Å². The van der Waals surface area contributed by atoms with Crippen LogP contribution in [0.25, 0.3) is 0 Å². The maximum absolute atomic E-state index is 12.7. The molecule has 4 aliphatic rings. The lowest BCUT2D eigenvalue weighted by Crippen LogP contribution is -2.59. The molecule has 2 saturated heterocycles. The number of hydrogen-bond donors (Lipinski definition) is 1. The second kappa shape index (κ2) is 10.9. The fraction of sp³-hybridized carbons (Fsp3) is 0.958. The molecule has 2 aliphatic carbocycles. The Balaban J connectivity index is 1.37. The first kappa shape index (κ1) is 25.4. The van der Waals surface area contributed by atoms with Gasteiger partial charge in [0.1, 0.15) is 15.9 Å². The van der Waals surface area contributed by atoms with Crippen LogP contribution in [0.1, 0.15) is 57.8 Å². The number of methoxy groups -OCH3 is 2. The van der Waals surface area contributed by atoms with E-state index < -0.39 is 9.84 Å². The van der Waals surface area contributed by atoms with Crippen molar-refractivity contribution >= 4 is 15.8 Å². The molecule has 0 aromatic rings. The number of nitrogens with zero attached hydrogens (tertiary/aromatic N) is 2. The van der Waals surface area contributed by atoms with Gasteiger partial charge in [-0.25, -0.2) is 8.42 Å². The van der Waals surface area contributed by atoms with Crippen LogP contribution in [0.5, 0.6) is 0 Å². The predicted molar refractivity (Wildman–Crippen MR) is 128 cm³/mol. The first-order valence-electron chi connectivity index (χ1n) is 12.8. The van der Waals surface area contributed by atoms with Gasteiger partial charge in [0.05, 0.1) is 18.5 Å². The number of fused-ring (bicyclic) bond motifs is 1. The summed E-state index contributed by atoms with van der Waals surface area (Å²) in [4.78, 5) is 17.6. The van der Waals surface area contributed by atoms with Crippen LogP contribution < -0.4 is 5.32 Å². The van der Waals surface area contributed by atoms with Crippen molar-refractivity contribution in [3.63, 3.8) is 0 Å². The first-order chi connectivity index (χ1) is 15.8. The van der Waals surface area contributed by atoms with Crippen molar-refractivity contribution in [2.24, 2.45) is 11.8 Å². The number of carbonyl (C=O) groups excluding carboxylic acids is 1. The van der Waals surface area contributed by atoms with Crippen LogP contribution >= 0.6 is 0 Å². The maximum atomic E-state index is 12.7. The van der Waals surface area contributed by atoms with Crippen LogP contribution in [0.15, 0.2) is 0 Å². The summed E-state index contributed by atoms with van der Waals surface area (Å²) in [6, 6.07) is 0.522. The Kier molecular flexibility index (Phi) is 8.37. The summed E-state index contributed by atoms with van der Waals surface area (Å²) >= 11 is 0. The molecular weight excluding hydrogens is 442 g/mol. The van der Waals surface area contributed by atoms with Crippen molar-refractivity contribution in [1.29, 1.82) is 0 Å².